The summed E-state index contributed by atoms with van der Waals surface area (Å²) in [4.78, 5) is 14.4. The number of allylic oxidation sites excluding steroid dienone is 3. The molecule has 0 aromatic rings. The average molecular weight is 179 g/mol. The molecule has 0 spiro atoms. The molecule has 0 bridgehead atoms. The molecule has 0 aliphatic rings. The van der Waals surface area contributed by atoms with Crippen molar-refractivity contribution in [2.75, 3.05) is 0 Å². The van der Waals surface area contributed by atoms with Crippen molar-refractivity contribution in [1.82, 2.24) is 0 Å². The first-order valence-corrected chi connectivity index (χ1v) is 3.74. The summed E-state index contributed by atoms with van der Waals surface area (Å²) in [7, 11) is 0. The van der Waals surface area contributed by atoms with Crippen molar-refractivity contribution in [3.8, 4) is 0 Å². The average Bonchev–Trinajstić information content (AvgIpc) is 2.06. The van der Waals surface area contributed by atoms with Gasteiger partial charge in [0.25, 0.3) is 5.91 Å². The fraction of sp³-hybridized carbons (Fsp3) is 0.111. The van der Waals surface area contributed by atoms with Crippen LogP contribution in [-0.4, -0.2) is 11.1 Å². The molecule has 0 saturated carbocycles. The van der Waals surface area contributed by atoms with Gasteiger partial charge in [-0.2, -0.15) is 4.99 Å². The number of nitrogens with zero attached hydrogens (tertiary/aromatic N) is 1. The third kappa shape index (κ3) is 3.76. The number of isothiocyanates is 1. The molecule has 0 aromatic heterocycles. The molecule has 0 fully saturated rings. The van der Waals surface area contributed by atoms with E-state index in [2.05, 4.69) is 23.8 Å². The van der Waals surface area contributed by atoms with Gasteiger partial charge in [-0.25, -0.2) is 0 Å². The van der Waals surface area contributed by atoms with E-state index in [1.54, 1.807) is 31.2 Å². The van der Waals surface area contributed by atoms with Gasteiger partial charge in [0, 0.05) is 5.57 Å². The maximum absolute atomic E-state index is 11.0. The van der Waals surface area contributed by atoms with Crippen molar-refractivity contribution in [2.45, 2.75) is 6.92 Å². The fourth-order valence-corrected chi connectivity index (χ4v) is 0.652. The molecule has 0 aromatic carbocycles. The molecule has 0 unspecified atom stereocenters. The maximum Gasteiger partial charge on any atom is 0.285 e. The molecule has 0 aliphatic heterocycles. The number of hydrogen-bond acceptors (Lipinski definition) is 2. The maximum atomic E-state index is 11.0. The SMILES string of the molecule is C=C/C=C\C(=C/C)C(=O)N=C=S. The van der Waals surface area contributed by atoms with Crippen LogP contribution in [0.15, 0.2) is 41.4 Å². The highest BCUT2D eigenvalue weighted by atomic mass is 32.1. The zero-order valence-electron chi connectivity index (χ0n) is 6.78. The van der Waals surface area contributed by atoms with E-state index in [4.69, 9.17) is 0 Å². The van der Waals surface area contributed by atoms with Crippen LogP contribution in [0.1, 0.15) is 6.92 Å². The van der Waals surface area contributed by atoms with E-state index in [1.165, 1.54) is 0 Å². The van der Waals surface area contributed by atoms with Crippen LogP contribution >= 0.6 is 12.2 Å². The molecule has 0 N–H and O–H groups in total. The predicted molar refractivity (Wildman–Crippen MR) is 53.1 cm³/mol. The molecule has 0 radical (unpaired) electrons. The number of aliphatic imine (C=N–C) groups is 1. The Morgan fingerprint density at radius 1 is 1.67 bits per heavy atom. The second-order valence-electron chi connectivity index (χ2n) is 1.85. The van der Waals surface area contributed by atoms with Crippen LogP contribution in [0.2, 0.25) is 0 Å². The fourth-order valence-electron chi connectivity index (χ4n) is 0.569. The summed E-state index contributed by atoms with van der Waals surface area (Å²) in [5.74, 6) is -0.384. The Morgan fingerprint density at radius 3 is 2.75 bits per heavy atom. The van der Waals surface area contributed by atoms with Gasteiger partial charge in [0.1, 0.15) is 0 Å². The summed E-state index contributed by atoms with van der Waals surface area (Å²) >= 11 is 4.30. The van der Waals surface area contributed by atoms with E-state index in [-0.39, 0.29) is 5.91 Å². The topological polar surface area (TPSA) is 29.4 Å². The highest BCUT2D eigenvalue weighted by Gasteiger charge is 2.00. The molecular formula is C9H9NOS. The molecule has 0 rings (SSSR count). The summed E-state index contributed by atoms with van der Waals surface area (Å²) in [6.07, 6.45) is 6.51. The smallest absolute Gasteiger partial charge is 0.266 e. The number of carbonyl (C=O) groups excluding carboxylic acids is 1. The second kappa shape index (κ2) is 6.40. The monoisotopic (exact) mass is 179 g/mol. The van der Waals surface area contributed by atoms with Gasteiger partial charge in [-0.1, -0.05) is 24.8 Å². The summed E-state index contributed by atoms with van der Waals surface area (Å²) in [6, 6.07) is 0. The van der Waals surface area contributed by atoms with Gasteiger partial charge in [0.05, 0.1) is 5.16 Å². The van der Waals surface area contributed by atoms with Crippen molar-refractivity contribution in [1.29, 1.82) is 0 Å². The largest absolute Gasteiger partial charge is 0.285 e. The van der Waals surface area contributed by atoms with Crippen LogP contribution in [0.25, 0.3) is 0 Å². The zero-order valence-corrected chi connectivity index (χ0v) is 7.60. The Bertz CT molecular complexity index is 283. The molecule has 3 heteroatoms. The first-order valence-electron chi connectivity index (χ1n) is 3.34. The summed E-state index contributed by atoms with van der Waals surface area (Å²) in [5, 5.41) is 2.02. The Kier molecular flexibility index (Phi) is 5.70. The molecule has 62 valence electrons. The van der Waals surface area contributed by atoms with Crippen LogP contribution in [0.5, 0.6) is 0 Å². The minimum Gasteiger partial charge on any atom is -0.266 e. The Balaban J connectivity index is 4.58. The standard InChI is InChI=1S/C9H9NOS/c1-3-5-6-8(4-2)9(11)10-7-12/h3-6H,1H2,2H3/b6-5-,8-4+. The molecule has 0 atom stereocenters. The van der Waals surface area contributed by atoms with Crippen molar-refractivity contribution in [2.24, 2.45) is 4.99 Å². The molecule has 1 amide bonds. The molecule has 0 aliphatic carbocycles. The molecule has 12 heavy (non-hydrogen) atoms. The Hall–Kier alpha value is -1.31. The van der Waals surface area contributed by atoms with Gasteiger partial charge in [0.2, 0.25) is 0 Å². The van der Waals surface area contributed by atoms with Crippen molar-refractivity contribution in [3.05, 3.63) is 36.5 Å². The lowest BCUT2D eigenvalue weighted by Gasteiger charge is -1.90. The summed E-state index contributed by atoms with van der Waals surface area (Å²) < 4.78 is 0. The zero-order chi connectivity index (χ0) is 9.40. The van der Waals surface area contributed by atoms with Crippen molar-refractivity contribution < 1.29 is 4.79 Å². The number of amides is 1. The Labute approximate surface area is 77.0 Å². The lowest BCUT2D eigenvalue weighted by Crippen LogP contribution is -1.94. The second-order valence-corrected chi connectivity index (χ2v) is 2.03. The molecular weight excluding hydrogens is 170 g/mol. The van der Waals surface area contributed by atoms with Gasteiger partial charge in [0.15, 0.2) is 0 Å². The number of thiocarbonyl (C=S) groups is 1. The van der Waals surface area contributed by atoms with Gasteiger partial charge in [-0.3, -0.25) is 4.79 Å². The predicted octanol–water partition coefficient (Wildman–Crippen LogP) is 2.30. The van der Waals surface area contributed by atoms with E-state index in [0.29, 0.717) is 5.57 Å². The van der Waals surface area contributed by atoms with Crippen molar-refractivity contribution in [3.63, 3.8) is 0 Å². The number of rotatable bonds is 3. The van der Waals surface area contributed by atoms with Gasteiger partial charge >= 0.3 is 0 Å². The van der Waals surface area contributed by atoms with E-state index in [0.717, 1.165) is 0 Å². The minimum atomic E-state index is -0.384. The van der Waals surface area contributed by atoms with Crippen LogP contribution in [0.4, 0.5) is 0 Å². The third-order valence-corrected chi connectivity index (χ3v) is 1.21. The third-order valence-electron chi connectivity index (χ3n) is 1.12. The van der Waals surface area contributed by atoms with Crippen LogP contribution < -0.4 is 0 Å². The molecule has 0 saturated heterocycles. The lowest BCUT2D eigenvalue weighted by molar-refractivity contribution is -0.114. The first kappa shape index (κ1) is 10.7. The van der Waals surface area contributed by atoms with Gasteiger partial charge in [-0.15, -0.1) is 0 Å². The number of carbonyl (C=O) groups is 1. The minimum absolute atomic E-state index is 0.384. The highest BCUT2D eigenvalue weighted by molar-refractivity contribution is 7.78. The lowest BCUT2D eigenvalue weighted by atomic mass is 10.2. The van der Waals surface area contributed by atoms with Gasteiger partial charge < -0.3 is 0 Å². The molecule has 0 heterocycles. The summed E-state index contributed by atoms with van der Waals surface area (Å²) in [6.45, 7) is 5.23. The van der Waals surface area contributed by atoms with Crippen LogP contribution in [-0.2, 0) is 4.79 Å². The van der Waals surface area contributed by atoms with Gasteiger partial charge in [-0.05, 0) is 25.2 Å². The van der Waals surface area contributed by atoms with E-state index < -0.39 is 0 Å². The normalized spacial score (nSPS) is 10.9. The molecule has 2 nitrogen and oxygen atoms in total. The summed E-state index contributed by atoms with van der Waals surface area (Å²) in [5.41, 5.74) is 0.479. The Morgan fingerprint density at radius 2 is 2.33 bits per heavy atom. The first-order chi connectivity index (χ1) is 5.76. The van der Waals surface area contributed by atoms with E-state index in [9.17, 15) is 4.79 Å². The van der Waals surface area contributed by atoms with E-state index in [1.807, 2.05) is 5.16 Å². The van der Waals surface area contributed by atoms with Crippen molar-refractivity contribution >= 4 is 23.3 Å². The van der Waals surface area contributed by atoms with Crippen LogP contribution in [0, 0.1) is 0 Å². The van der Waals surface area contributed by atoms with E-state index >= 15 is 0 Å². The van der Waals surface area contributed by atoms with Crippen LogP contribution in [0.3, 0.4) is 0 Å². The number of hydrogen-bond donors (Lipinski definition) is 0. The quantitative estimate of drug-likeness (QED) is 0.288. The highest BCUT2D eigenvalue weighted by Crippen LogP contribution is 1.99.